The van der Waals surface area contributed by atoms with Gasteiger partial charge in [-0.2, -0.15) is 5.10 Å². The molecule has 2 aliphatic rings. The number of amides is 1. The molecule has 1 unspecified atom stereocenters. The van der Waals surface area contributed by atoms with Crippen molar-refractivity contribution in [2.24, 2.45) is 0 Å². The third-order valence-electron chi connectivity index (χ3n) is 4.85. The summed E-state index contributed by atoms with van der Waals surface area (Å²) in [5.41, 5.74) is 2.18. The van der Waals surface area contributed by atoms with Crippen LogP contribution in [0.1, 0.15) is 36.4 Å². The summed E-state index contributed by atoms with van der Waals surface area (Å²) < 4.78 is 13.4. The van der Waals surface area contributed by atoms with Crippen molar-refractivity contribution in [3.63, 3.8) is 0 Å². The number of likely N-dealkylation sites (tertiary alicyclic amines) is 1. The average Bonchev–Trinajstić information content (AvgIpc) is 3.28. The number of nitrogens with zero attached hydrogens (tertiary/aromatic N) is 3. The maximum Gasteiger partial charge on any atom is 0.224 e. The van der Waals surface area contributed by atoms with Gasteiger partial charge in [-0.25, -0.2) is 0 Å². The summed E-state index contributed by atoms with van der Waals surface area (Å²) >= 11 is 0. The predicted octanol–water partition coefficient (Wildman–Crippen LogP) is 2.72. The van der Waals surface area contributed by atoms with Crippen molar-refractivity contribution in [2.75, 3.05) is 19.8 Å². The predicted molar refractivity (Wildman–Crippen MR) is 92.7 cm³/mol. The number of aryl methyl sites for hydroxylation is 2. The molecule has 0 spiro atoms. The number of hydrogen-bond acceptors (Lipinski definition) is 4. The Balaban J connectivity index is 1.49. The molecule has 1 fully saturated rings. The summed E-state index contributed by atoms with van der Waals surface area (Å²) in [5, 5.41) is 4.26. The van der Waals surface area contributed by atoms with E-state index >= 15 is 0 Å². The molecule has 0 aliphatic carbocycles. The maximum absolute atomic E-state index is 12.8. The van der Waals surface area contributed by atoms with Crippen LogP contribution < -0.4 is 9.47 Å². The van der Waals surface area contributed by atoms with E-state index in [0.717, 1.165) is 42.0 Å². The topological polar surface area (TPSA) is 56.6 Å². The molecule has 0 N–H and O–H groups in total. The second kappa shape index (κ2) is 6.78. The van der Waals surface area contributed by atoms with E-state index in [0.29, 0.717) is 26.2 Å². The highest BCUT2D eigenvalue weighted by molar-refractivity contribution is 5.77. The fourth-order valence-corrected chi connectivity index (χ4v) is 3.69. The van der Waals surface area contributed by atoms with E-state index < -0.39 is 0 Å². The molecule has 2 aliphatic heterocycles. The number of ether oxygens (including phenoxy) is 2. The Hall–Kier alpha value is -2.50. The standard InChI is InChI=1S/C19H23N3O3/c1-14-12-20-21(13-14)9-7-18(23)22-8-3-5-16(22)15-4-2-6-17-19(15)25-11-10-24-17/h2,4,6,12-13,16H,3,5,7-11H2,1H3. The number of benzene rings is 1. The van der Waals surface area contributed by atoms with Gasteiger partial charge in [0.25, 0.3) is 0 Å². The van der Waals surface area contributed by atoms with Crippen LogP contribution in [0.3, 0.4) is 0 Å². The number of aromatic nitrogens is 2. The van der Waals surface area contributed by atoms with E-state index in [1.807, 2.05) is 41.0 Å². The van der Waals surface area contributed by atoms with E-state index in [1.54, 1.807) is 0 Å². The lowest BCUT2D eigenvalue weighted by atomic mass is 10.0. The van der Waals surface area contributed by atoms with Gasteiger partial charge in [-0.15, -0.1) is 0 Å². The molecule has 1 aromatic carbocycles. The van der Waals surface area contributed by atoms with Gasteiger partial charge in [-0.05, 0) is 31.4 Å². The average molecular weight is 341 g/mol. The first-order valence-electron chi connectivity index (χ1n) is 8.89. The number of para-hydroxylation sites is 1. The Labute approximate surface area is 147 Å². The van der Waals surface area contributed by atoms with Crippen LogP contribution in [0.2, 0.25) is 0 Å². The molecule has 1 atom stereocenters. The lowest BCUT2D eigenvalue weighted by Gasteiger charge is -2.29. The van der Waals surface area contributed by atoms with Crippen LogP contribution >= 0.6 is 0 Å². The maximum atomic E-state index is 12.8. The largest absolute Gasteiger partial charge is 0.486 e. The van der Waals surface area contributed by atoms with Crippen LogP contribution in [0.25, 0.3) is 0 Å². The lowest BCUT2D eigenvalue weighted by molar-refractivity contribution is -0.132. The highest BCUT2D eigenvalue weighted by Crippen LogP contribution is 2.42. The Morgan fingerprint density at radius 2 is 2.20 bits per heavy atom. The van der Waals surface area contributed by atoms with Gasteiger partial charge in [0, 0.05) is 31.3 Å². The van der Waals surface area contributed by atoms with E-state index in [-0.39, 0.29) is 11.9 Å². The van der Waals surface area contributed by atoms with Crippen LogP contribution in [-0.4, -0.2) is 40.3 Å². The fraction of sp³-hybridized carbons (Fsp3) is 0.474. The van der Waals surface area contributed by atoms with Crippen molar-refractivity contribution in [1.82, 2.24) is 14.7 Å². The quantitative estimate of drug-likeness (QED) is 0.858. The van der Waals surface area contributed by atoms with Crippen LogP contribution in [0.5, 0.6) is 11.5 Å². The first kappa shape index (κ1) is 16.0. The van der Waals surface area contributed by atoms with Crippen LogP contribution in [-0.2, 0) is 11.3 Å². The molecule has 1 aromatic heterocycles. The molecule has 25 heavy (non-hydrogen) atoms. The number of fused-ring (bicyclic) bond motifs is 1. The summed E-state index contributed by atoms with van der Waals surface area (Å²) in [6.07, 6.45) is 6.22. The number of rotatable bonds is 4. The highest BCUT2D eigenvalue weighted by atomic mass is 16.6. The summed E-state index contributed by atoms with van der Waals surface area (Å²) in [5.74, 6) is 1.77. The summed E-state index contributed by atoms with van der Waals surface area (Å²) in [6, 6.07) is 6.04. The van der Waals surface area contributed by atoms with Crippen molar-refractivity contribution in [2.45, 2.75) is 38.8 Å². The van der Waals surface area contributed by atoms with Gasteiger partial charge < -0.3 is 14.4 Å². The molecule has 3 heterocycles. The first-order chi connectivity index (χ1) is 12.2. The second-order valence-electron chi connectivity index (χ2n) is 6.65. The number of hydrogen-bond donors (Lipinski definition) is 0. The van der Waals surface area contributed by atoms with E-state index in [9.17, 15) is 4.79 Å². The zero-order chi connectivity index (χ0) is 17.2. The molecule has 132 valence electrons. The van der Waals surface area contributed by atoms with Crippen molar-refractivity contribution < 1.29 is 14.3 Å². The number of carbonyl (C=O) groups excluding carboxylic acids is 1. The Morgan fingerprint density at radius 3 is 3.04 bits per heavy atom. The van der Waals surface area contributed by atoms with E-state index in [2.05, 4.69) is 11.2 Å². The molecule has 0 bridgehead atoms. The molecule has 0 radical (unpaired) electrons. The van der Waals surface area contributed by atoms with Gasteiger partial charge in [0.05, 0.1) is 12.2 Å². The van der Waals surface area contributed by atoms with E-state index in [4.69, 9.17) is 9.47 Å². The smallest absolute Gasteiger partial charge is 0.224 e. The minimum atomic E-state index is 0.0727. The Kier molecular flexibility index (Phi) is 4.34. The molecule has 1 saturated heterocycles. The molecule has 2 aromatic rings. The first-order valence-corrected chi connectivity index (χ1v) is 8.89. The molecule has 6 nitrogen and oxygen atoms in total. The van der Waals surface area contributed by atoms with Gasteiger partial charge in [-0.1, -0.05) is 12.1 Å². The van der Waals surface area contributed by atoms with Crippen LogP contribution in [0.4, 0.5) is 0 Å². The van der Waals surface area contributed by atoms with Gasteiger partial charge >= 0.3 is 0 Å². The van der Waals surface area contributed by atoms with E-state index in [1.165, 1.54) is 0 Å². The molecule has 4 rings (SSSR count). The van der Waals surface area contributed by atoms with Gasteiger partial charge in [0.2, 0.25) is 5.91 Å². The van der Waals surface area contributed by atoms with Crippen molar-refractivity contribution in [3.8, 4) is 11.5 Å². The molecule has 0 saturated carbocycles. The van der Waals surface area contributed by atoms with Gasteiger partial charge in [-0.3, -0.25) is 9.48 Å². The van der Waals surface area contributed by atoms with Crippen LogP contribution in [0.15, 0.2) is 30.6 Å². The minimum Gasteiger partial charge on any atom is -0.486 e. The molecular weight excluding hydrogens is 318 g/mol. The fourth-order valence-electron chi connectivity index (χ4n) is 3.69. The summed E-state index contributed by atoms with van der Waals surface area (Å²) in [4.78, 5) is 14.8. The number of carbonyl (C=O) groups is 1. The van der Waals surface area contributed by atoms with Crippen molar-refractivity contribution >= 4 is 5.91 Å². The minimum absolute atomic E-state index is 0.0727. The summed E-state index contributed by atoms with van der Waals surface area (Å²) in [7, 11) is 0. The Morgan fingerprint density at radius 1 is 1.32 bits per heavy atom. The lowest BCUT2D eigenvalue weighted by Crippen LogP contribution is -2.31. The summed E-state index contributed by atoms with van der Waals surface area (Å²) in [6.45, 7) is 4.55. The highest BCUT2D eigenvalue weighted by Gasteiger charge is 2.33. The van der Waals surface area contributed by atoms with Gasteiger partial charge in [0.15, 0.2) is 11.5 Å². The molecule has 6 heteroatoms. The van der Waals surface area contributed by atoms with Crippen molar-refractivity contribution in [3.05, 3.63) is 41.7 Å². The monoisotopic (exact) mass is 341 g/mol. The normalized spacial score (nSPS) is 19.2. The third kappa shape index (κ3) is 3.21. The molecular formula is C19H23N3O3. The SMILES string of the molecule is Cc1cnn(CCC(=O)N2CCCC2c2cccc3c2OCCO3)c1. The molecule has 1 amide bonds. The second-order valence-corrected chi connectivity index (χ2v) is 6.65. The third-order valence-corrected chi connectivity index (χ3v) is 4.85. The van der Waals surface area contributed by atoms with Crippen LogP contribution in [0, 0.1) is 6.92 Å². The van der Waals surface area contributed by atoms with Crippen molar-refractivity contribution in [1.29, 1.82) is 0 Å². The Bertz CT molecular complexity index is 771. The van der Waals surface area contributed by atoms with Gasteiger partial charge in [0.1, 0.15) is 13.2 Å². The zero-order valence-corrected chi connectivity index (χ0v) is 14.5. The zero-order valence-electron chi connectivity index (χ0n) is 14.5.